The number of hydrogen-bond donors (Lipinski definition) is 1. The van der Waals surface area contributed by atoms with Gasteiger partial charge < -0.3 is 10.1 Å². The summed E-state index contributed by atoms with van der Waals surface area (Å²) < 4.78 is 6.92. The Kier molecular flexibility index (Phi) is 4.82. The second-order valence-electron chi connectivity index (χ2n) is 7.59. The van der Waals surface area contributed by atoms with Crippen molar-refractivity contribution in [1.29, 1.82) is 0 Å². The third-order valence-electron chi connectivity index (χ3n) is 5.77. The molecular formula is C22H24N4O3. The van der Waals surface area contributed by atoms with E-state index in [1.54, 1.807) is 24.6 Å². The van der Waals surface area contributed by atoms with Crippen LogP contribution in [-0.2, 0) is 5.54 Å². The number of carbonyl (C=O) groups excluding carboxylic acids is 2. The molecule has 1 aliphatic rings. The average Bonchev–Trinajstić information content (AvgIpc) is 3.36. The number of aromatic nitrogens is 3. The fourth-order valence-corrected chi connectivity index (χ4v) is 4.17. The Morgan fingerprint density at radius 2 is 1.97 bits per heavy atom. The van der Waals surface area contributed by atoms with Crippen molar-refractivity contribution < 1.29 is 14.3 Å². The molecule has 1 fully saturated rings. The molecule has 1 N–H and O–H groups in total. The van der Waals surface area contributed by atoms with Gasteiger partial charge >= 0.3 is 0 Å². The Labute approximate surface area is 169 Å². The summed E-state index contributed by atoms with van der Waals surface area (Å²) in [6, 6.07) is 9.52. The molecule has 2 aromatic heterocycles. The van der Waals surface area contributed by atoms with Crippen LogP contribution in [0, 0.1) is 6.92 Å². The fraction of sp³-hybridized carbons (Fsp3) is 0.364. The van der Waals surface area contributed by atoms with E-state index in [1.807, 2.05) is 24.3 Å². The van der Waals surface area contributed by atoms with Crippen LogP contribution in [0.15, 0.2) is 36.5 Å². The number of ketones is 1. The maximum absolute atomic E-state index is 13.1. The maximum atomic E-state index is 13.1. The lowest BCUT2D eigenvalue weighted by molar-refractivity contribution is 0.0892. The maximum Gasteiger partial charge on any atom is 0.272 e. The van der Waals surface area contributed by atoms with Gasteiger partial charge in [0.1, 0.15) is 5.75 Å². The van der Waals surface area contributed by atoms with E-state index in [4.69, 9.17) is 4.74 Å². The van der Waals surface area contributed by atoms with Crippen LogP contribution in [-0.4, -0.2) is 33.4 Å². The predicted molar refractivity (Wildman–Crippen MR) is 108 cm³/mol. The van der Waals surface area contributed by atoms with Crippen LogP contribution in [0.2, 0.25) is 0 Å². The number of methoxy groups -OCH3 is 1. The Morgan fingerprint density at radius 3 is 2.66 bits per heavy atom. The molecule has 0 radical (unpaired) electrons. The van der Waals surface area contributed by atoms with Crippen molar-refractivity contribution in [2.24, 2.45) is 0 Å². The molecule has 150 valence electrons. The number of amides is 1. The molecule has 0 spiro atoms. The minimum absolute atomic E-state index is 0.0821. The number of nitrogens with one attached hydrogen (secondary N) is 1. The van der Waals surface area contributed by atoms with Gasteiger partial charge in [0, 0.05) is 12.3 Å². The minimum atomic E-state index is -0.436. The van der Waals surface area contributed by atoms with Crippen molar-refractivity contribution in [1.82, 2.24) is 19.9 Å². The lowest BCUT2D eigenvalue weighted by atomic mass is 9.87. The number of hydrogen-bond acceptors (Lipinski definition) is 5. The number of carbonyl (C=O) groups is 2. The van der Waals surface area contributed by atoms with Crippen LogP contribution in [0.5, 0.6) is 5.75 Å². The predicted octanol–water partition coefficient (Wildman–Crippen LogP) is 3.45. The molecule has 1 saturated carbocycles. The summed E-state index contributed by atoms with van der Waals surface area (Å²) in [6.07, 6.45) is 5.36. The van der Waals surface area contributed by atoms with E-state index in [0.717, 1.165) is 37.0 Å². The van der Waals surface area contributed by atoms with Crippen molar-refractivity contribution in [3.05, 3.63) is 59.0 Å². The molecule has 3 aromatic rings. The van der Waals surface area contributed by atoms with Crippen LogP contribution in [0.25, 0.3) is 5.65 Å². The zero-order valence-corrected chi connectivity index (χ0v) is 16.9. The Bertz CT molecular complexity index is 1100. The molecule has 0 unspecified atom stereocenters. The van der Waals surface area contributed by atoms with Crippen LogP contribution < -0.4 is 10.1 Å². The highest BCUT2D eigenvalue weighted by molar-refractivity contribution is 5.96. The van der Waals surface area contributed by atoms with Crippen molar-refractivity contribution in [2.75, 3.05) is 7.11 Å². The van der Waals surface area contributed by atoms with Gasteiger partial charge in [-0.25, -0.2) is 9.50 Å². The van der Waals surface area contributed by atoms with E-state index in [2.05, 4.69) is 15.4 Å². The quantitative estimate of drug-likeness (QED) is 0.672. The van der Waals surface area contributed by atoms with Crippen molar-refractivity contribution in [2.45, 2.75) is 45.1 Å². The molecule has 4 rings (SSSR count). The first-order chi connectivity index (χ1) is 13.9. The van der Waals surface area contributed by atoms with E-state index in [0.29, 0.717) is 16.9 Å². The third-order valence-corrected chi connectivity index (χ3v) is 5.77. The monoisotopic (exact) mass is 392 g/mol. The minimum Gasteiger partial charge on any atom is -0.497 e. The van der Waals surface area contributed by atoms with Gasteiger partial charge in [-0.05, 0) is 44.4 Å². The number of benzene rings is 1. The highest BCUT2D eigenvalue weighted by atomic mass is 16.5. The number of ether oxygens (including phenoxy) is 1. The van der Waals surface area contributed by atoms with Crippen molar-refractivity contribution >= 4 is 17.3 Å². The molecule has 0 bridgehead atoms. The molecule has 0 saturated heterocycles. The summed E-state index contributed by atoms with van der Waals surface area (Å²) in [5, 5.41) is 7.65. The summed E-state index contributed by atoms with van der Waals surface area (Å²) >= 11 is 0. The van der Waals surface area contributed by atoms with Gasteiger partial charge in [0.2, 0.25) is 0 Å². The Hall–Kier alpha value is -3.22. The molecule has 1 aromatic carbocycles. The van der Waals surface area contributed by atoms with E-state index in [-0.39, 0.29) is 17.4 Å². The second-order valence-corrected chi connectivity index (χ2v) is 7.59. The molecule has 1 aliphatic carbocycles. The number of Topliss-reactive ketones (excluding diaryl/α,β-unsaturated/α-hetero) is 1. The topological polar surface area (TPSA) is 85.6 Å². The standard InChI is InChI=1S/C22H24N4O3/c1-14-18(15(2)27)13-23-20-12-19(25-26(14)20)21(28)24-22(9-4-5-10-22)16-7-6-8-17(11-16)29-3/h6-8,11-13H,4-5,9-10H2,1-3H3,(H,24,28). The van der Waals surface area contributed by atoms with E-state index >= 15 is 0 Å². The molecule has 7 heteroatoms. The SMILES string of the molecule is COc1cccc(C2(NC(=O)c3cc4ncc(C(C)=O)c(C)n4n3)CCCC2)c1. The molecule has 0 aliphatic heterocycles. The number of aryl methyl sites for hydroxylation is 1. The summed E-state index contributed by atoms with van der Waals surface area (Å²) in [7, 11) is 1.64. The smallest absolute Gasteiger partial charge is 0.272 e. The second kappa shape index (κ2) is 7.31. The lowest BCUT2D eigenvalue weighted by Gasteiger charge is -2.31. The van der Waals surface area contributed by atoms with Crippen LogP contribution >= 0.6 is 0 Å². The molecule has 1 amide bonds. The highest BCUT2D eigenvalue weighted by Crippen LogP contribution is 2.40. The number of rotatable bonds is 5. The van der Waals surface area contributed by atoms with Gasteiger partial charge in [-0.2, -0.15) is 5.10 Å². The first-order valence-electron chi connectivity index (χ1n) is 9.77. The number of fused-ring (bicyclic) bond motifs is 1. The van der Waals surface area contributed by atoms with E-state index < -0.39 is 5.54 Å². The van der Waals surface area contributed by atoms with Crippen molar-refractivity contribution in [3.63, 3.8) is 0 Å². The summed E-state index contributed by atoms with van der Waals surface area (Å²) in [6.45, 7) is 3.29. The third kappa shape index (κ3) is 3.37. The van der Waals surface area contributed by atoms with Gasteiger partial charge in [-0.3, -0.25) is 9.59 Å². The molecular weight excluding hydrogens is 368 g/mol. The molecule has 7 nitrogen and oxygen atoms in total. The summed E-state index contributed by atoms with van der Waals surface area (Å²) in [5.41, 5.74) is 2.60. The van der Waals surface area contributed by atoms with Crippen LogP contribution in [0.3, 0.4) is 0 Å². The normalized spacial score (nSPS) is 15.4. The van der Waals surface area contributed by atoms with Crippen LogP contribution in [0.4, 0.5) is 0 Å². The van der Waals surface area contributed by atoms with Gasteiger partial charge in [0.25, 0.3) is 5.91 Å². The first kappa shape index (κ1) is 19.1. The summed E-state index contributed by atoms with van der Waals surface area (Å²) in [5.74, 6) is 0.442. The lowest BCUT2D eigenvalue weighted by Crippen LogP contribution is -2.44. The Balaban J connectivity index is 1.68. The van der Waals surface area contributed by atoms with Gasteiger partial charge in [0.15, 0.2) is 17.1 Å². The van der Waals surface area contributed by atoms with Gasteiger partial charge in [-0.1, -0.05) is 25.0 Å². The van der Waals surface area contributed by atoms with Crippen LogP contribution in [0.1, 0.15) is 64.7 Å². The zero-order chi connectivity index (χ0) is 20.6. The number of nitrogens with zero attached hydrogens (tertiary/aromatic N) is 3. The average molecular weight is 392 g/mol. The fourth-order valence-electron chi connectivity index (χ4n) is 4.17. The van der Waals surface area contributed by atoms with Crippen molar-refractivity contribution in [3.8, 4) is 5.75 Å². The van der Waals surface area contributed by atoms with Gasteiger partial charge in [-0.15, -0.1) is 0 Å². The molecule has 2 heterocycles. The van der Waals surface area contributed by atoms with Gasteiger partial charge in [0.05, 0.1) is 23.9 Å². The highest BCUT2D eigenvalue weighted by Gasteiger charge is 2.38. The largest absolute Gasteiger partial charge is 0.497 e. The molecule has 29 heavy (non-hydrogen) atoms. The van der Waals surface area contributed by atoms with E-state index in [1.165, 1.54) is 13.1 Å². The Morgan fingerprint density at radius 1 is 1.21 bits per heavy atom. The summed E-state index contributed by atoms with van der Waals surface area (Å²) in [4.78, 5) is 29.2. The van der Waals surface area contributed by atoms with E-state index in [9.17, 15) is 9.59 Å². The first-order valence-corrected chi connectivity index (χ1v) is 9.77. The zero-order valence-electron chi connectivity index (χ0n) is 16.9. The molecule has 0 atom stereocenters.